The summed E-state index contributed by atoms with van der Waals surface area (Å²) in [6, 6.07) is 13.6. The lowest BCUT2D eigenvalue weighted by Gasteiger charge is -2.24. The minimum absolute atomic E-state index is 0.0949. The van der Waals surface area contributed by atoms with Crippen molar-refractivity contribution in [2.75, 3.05) is 5.32 Å². The average molecular weight is 306 g/mol. The number of fused-ring (bicyclic) bond motifs is 1. The zero-order chi connectivity index (χ0) is 15.8. The number of carbonyl (C=O) groups is 1. The van der Waals surface area contributed by atoms with Gasteiger partial charge in [0, 0.05) is 5.92 Å². The summed E-state index contributed by atoms with van der Waals surface area (Å²) in [7, 11) is 0. The van der Waals surface area contributed by atoms with Crippen molar-refractivity contribution in [1.82, 2.24) is 4.98 Å². The smallest absolute Gasteiger partial charge is 0.229 e. The number of para-hydroxylation sites is 2. The largest absolute Gasteiger partial charge is 0.436 e. The van der Waals surface area contributed by atoms with Gasteiger partial charge in [-0.3, -0.25) is 4.79 Å². The molecule has 1 fully saturated rings. The summed E-state index contributed by atoms with van der Waals surface area (Å²) >= 11 is 0. The second-order valence-electron chi connectivity index (χ2n) is 6.15. The van der Waals surface area contributed by atoms with Crippen LogP contribution >= 0.6 is 0 Å². The predicted molar refractivity (Wildman–Crippen MR) is 90.2 cm³/mol. The molecule has 4 heteroatoms. The van der Waals surface area contributed by atoms with Crippen molar-refractivity contribution in [3.05, 3.63) is 48.0 Å². The first kappa shape index (κ1) is 14.0. The number of aromatic nitrogens is 1. The van der Waals surface area contributed by atoms with Crippen molar-refractivity contribution in [2.24, 2.45) is 5.92 Å². The van der Waals surface area contributed by atoms with Gasteiger partial charge >= 0.3 is 0 Å². The third-order valence-electron chi connectivity index (χ3n) is 4.43. The van der Waals surface area contributed by atoms with Crippen molar-refractivity contribution in [1.29, 1.82) is 0 Å². The first-order valence-electron chi connectivity index (χ1n) is 7.98. The van der Waals surface area contributed by atoms with Gasteiger partial charge in [0.2, 0.25) is 11.8 Å². The molecular weight excluding hydrogens is 288 g/mol. The number of hydrogen-bond acceptors (Lipinski definition) is 3. The Bertz CT molecular complexity index is 845. The van der Waals surface area contributed by atoms with Crippen LogP contribution in [0.25, 0.3) is 22.6 Å². The molecule has 2 aromatic carbocycles. The number of hydrogen-bond donors (Lipinski definition) is 1. The lowest BCUT2D eigenvalue weighted by molar-refractivity contribution is -0.122. The zero-order valence-electron chi connectivity index (χ0n) is 13.0. The van der Waals surface area contributed by atoms with Crippen molar-refractivity contribution in [3.63, 3.8) is 0 Å². The van der Waals surface area contributed by atoms with Crippen LogP contribution in [0, 0.1) is 12.8 Å². The van der Waals surface area contributed by atoms with Gasteiger partial charge in [0.1, 0.15) is 5.52 Å². The molecule has 0 bridgehead atoms. The summed E-state index contributed by atoms with van der Waals surface area (Å²) in [5, 5.41) is 3.04. The zero-order valence-corrected chi connectivity index (χ0v) is 13.0. The number of nitrogens with zero attached hydrogens (tertiary/aromatic N) is 1. The molecule has 116 valence electrons. The SMILES string of the molecule is Cc1ccc(NC(=O)C2CCC2)c(-c2nc3ccccc3o2)c1. The Morgan fingerprint density at radius 3 is 2.78 bits per heavy atom. The lowest BCUT2D eigenvalue weighted by Crippen LogP contribution is -2.28. The summed E-state index contributed by atoms with van der Waals surface area (Å²) in [6.07, 6.45) is 3.11. The molecule has 23 heavy (non-hydrogen) atoms. The van der Waals surface area contributed by atoms with E-state index in [1.807, 2.05) is 49.4 Å². The molecule has 1 saturated carbocycles. The number of amides is 1. The Kier molecular flexibility index (Phi) is 3.37. The van der Waals surface area contributed by atoms with E-state index in [1.165, 1.54) is 0 Å². The van der Waals surface area contributed by atoms with Crippen LogP contribution in [0.2, 0.25) is 0 Å². The van der Waals surface area contributed by atoms with Crippen LogP contribution in [-0.2, 0) is 4.79 Å². The van der Waals surface area contributed by atoms with Crippen LogP contribution in [0.15, 0.2) is 46.9 Å². The summed E-state index contributed by atoms with van der Waals surface area (Å²) < 4.78 is 5.87. The van der Waals surface area contributed by atoms with Crippen molar-refractivity contribution >= 4 is 22.7 Å². The molecule has 1 aliphatic rings. The number of aryl methyl sites for hydroxylation is 1. The van der Waals surface area contributed by atoms with E-state index in [0.717, 1.165) is 47.2 Å². The van der Waals surface area contributed by atoms with Gasteiger partial charge in [0.15, 0.2) is 5.58 Å². The van der Waals surface area contributed by atoms with E-state index in [1.54, 1.807) is 0 Å². The first-order chi connectivity index (χ1) is 11.2. The van der Waals surface area contributed by atoms with E-state index in [0.29, 0.717) is 5.89 Å². The summed E-state index contributed by atoms with van der Waals surface area (Å²) in [4.78, 5) is 16.8. The molecule has 1 N–H and O–H groups in total. The summed E-state index contributed by atoms with van der Waals surface area (Å²) in [6.45, 7) is 2.02. The Morgan fingerprint density at radius 1 is 1.22 bits per heavy atom. The molecule has 0 unspecified atom stereocenters. The van der Waals surface area contributed by atoms with E-state index < -0.39 is 0 Å². The highest BCUT2D eigenvalue weighted by Crippen LogP contribution is 2.33. The second kappa shape index (κ2) is 5.54. The van der Waals surface area contributed by atoms with E-state index in [2.05, 4.69) is 10.3 Å². The topological polar surface area (TPSA) is 55.1 Å². The lowest BCUT2D eigenvalue weighted by atomic mass is 9.84. The molecule has 0 atom stereocenters. The maximum atomic E-state index is 12.3. The molecule has 4 nitrogen and oxygen atoms in total. The molecule has 0 aliphatic heterocycles. The molecular formula is C19H18N2O2. The van der Waals surface area contributed by atoms with Crippen LogP contribution in [0.5, 0.6) is 0 Å². The quantitative estimate of drug-likeness (QED) is 0.772. The summed E-state index contributed by atoms with van der Waals surface area (Å²) in [5.74, 6) is 0.782. The molecule has 4 rings (SSSR count). The monoisotopic (exact) mass is 306 g/mol. The molecule has 0 radical (unpaired) electrons. The predicted octanol–water partition coefficient (Wildman–Crippen LogP) is 4.54. The standard InChI is InChI=1S/C19H18N2O2/c1-12-9-10-15(20-18(22)13-5-4-6-13)14(11-12)19-21-16-7-2-3-8-17(16)23-19/h2-3,7-11,13H,4-6H2,1H3,(H,20,22). The minimum Gasteiger partial charge on any atom is -0.436 e. The van der Waals surface area contributed by atoms with Gasteiger partial charge < -0.3 is 9.73 Å². The highest BCUT2D eigenvalue weighted by molar-refractivity contribution is 5.96. The fourth-order valence-corrected chi connectivity index (χ4v) is 2.84. The van der Waals surface area contributed by atoms with Gasteiger partial charge in [0.25, 0.3) is 0 Å². The number of oxazole rings is 1. The number of rotatable bonds is 3. The van der Waals surface area contributed by atoms with E-state index in [9.17, 15) is 4.79 Å². The number of nitrogens with one attached hydrogen (secondary N) is 1. The Hall–Kier alpha value is -2.62. The van der Waals surface area contributed by atoms with Crippen LogP contribution in [0.1, 0.15) is 24.8 Å². The van der Waals surface area contributed by atoms with Crippen molar-refractivity contribution in [3.8, 4) is 11.5 Å². The Labute approximate surface area is 134 Å². The van der Waals surface area contributed by atoms with E-state index in [-0.39, 0.29) is 11.8 Å². The maximum absolute atomic E-state index is 12.3. The van der Waals surface area contributed by atoms with Crippen LogP contribution < -0.4 is 5.32 Å². The normalized spacial score (nSPS) is 14.7. The van der Waals surface area contributed by atoms with Crippen LogP contribution in [-0.4, -0.2) is 10.9 Å². The molecule has 1 heterocycles. The fraction of sp³-hybridized carbons (Fsp3) is 0.263. The van der Waals surface area contributed by atoms with Crippen molar-refractivity contribution in [2.45, 2.75) is 26.2 Å². The Morgan fingerprint density at radius 2 is 2.04 bits per heavy atom. The minimum atomic E-state index is 0.0949. The highest BCUT2D eigenvalue weighted by Gasteiger charge is 2.26. The molecule has 1 aliphatic carbocycles. The van der Waals surface area contributed by atoms with Gasteiger partial charge in [-0.2, -0.15) is 0 Å². The number of anilines is 1. The van der Waals surface area contributed by atoms with Gasteiger partial charge in [-0.25, -0.2) is 4.98 Å². The molecule has 0 saturated heterocycles. The number of carbonyl (C=O) groups excluding carboxylic acids is 1. The molecule has 3 aromatic rings. The molecule has 1 amide bonds. The van der Waals surface area contributed by atoms with Gasteiger partial charge in [-0.1, -0.05) is 30.2 Å². The van der Waals surface area contributed by atoms with Gasteiger partial charge in [0.05, 0.1) is 11.3 Å². The van der Waals surface area contributed by atoms with Crippen LogP contribution in [0.3, 0.4) is 0 Å². The van der Waals surface area contributed by atoms with Crippen LogP contribution in [0.4, 0.5) is 5.69 Å². The molecule has 1 aromatic heterocycles. The van der Waals surface area contributed by atoms with Gasteiger partial charge in [-0.05, 0) is 44.0 Å². The Balaban J connectivity index is 1.74. The van der Waals surface area contributed by atoms with Crippen molar-refractivity contribution < 1.29 is 9.21 Å². The molecule has 0 spiro atoms. The van der Waals surface area contributed by atoms with E-state index >= 15 is 0 Å². The van der Waals surface area contributed by atoms with Gasteiger partial charge in [-0.15, -0.1) is 0 Å². The number of benzene rings is 2. The maximum Gasteiger partial charge on any atom is 0.229 e. The average Bonchev–Trinajstić information content (AvgIpc) is 2.91. The summed E-state index contributed by atoms with van der Waals surface area (Å²) in [5.41, 5.74) is 4.26. The third kappa shape index (κ3) is 2.61. The highest BCUT2D eigenvalue weighted by atomic mass is 16.3. The first-order valence-corrected chi connectivity index (χ1v) is 7.98. The van der Waals surface area contributed by atoms with E-state index in [4.69, 9.17) is 4.42 Å². The fourth-order valence-electron chi connectivity index (χ4n) is 2.84. The third-order valence-corrected chi connectivity index (χ3v) is 4.43. The second-order valence-corrected chi connectivity index (χ2v) is 6.15.